The number of nitrogens with one attached hydrogen (secondary N) is 1. The summed E-state index contributed by atoms with van der Waals surface area (Å²) in [6.07, 6.45) is 1.35. The second-order valence-corrected chi connectivity index (χ2v) is 11.4. The third-order valence-corrected chi connectivity index (χ3v) is 8.79. The zero-order valence-electron chi connectivity index (χ0n) is 15.8. The van der Waals surface area contributed by atoms with Crippen LogP contribution in [0.4, 0.5) is 0 Å². The van der Waals surface area contributed by atoms with Gasteiger partial charge in [0.05, 0.1) is 16.8 Å². The van der Waals surface area contributed by atoms with E-state index in [0.29, 0.717) is 30.1 Å². The average Bonchev–Trinajstić information content (AvgIpc) is 3.14. The van der Waals surface area contributed by atoms with Crippen LogP contribution in [0.1, 0.15) is 24.0 Å². The molecular weight excluding hydrogens is 464 g/mol. The molecule has 0 spiro atoms. The molecule has 0 aliphatic carbocycles. The second-order valence-electron chi connectivity index (χ2n) is 6.78. The molecule has 1 fully saturated rings. The zero-order chi connectivity index (χ0) is 20.3. The van der Waals surface area contributed by atoms with Gasteiger partial charge in [0.1, 0.15) is 9.96 Å². The summed E-state index contributed by atoms with van der Waals surface area (Å²) in [5.74, 6) is 0.315. The standard InChI is InChI=1S/C19H23BrN2O4S2/c1-13-5-6-14(10-16(13)26-2)11-21-19(23)15-4-3-9-22(12-15)28(24,25)18-8-7-17(20)27-18/h5-8,10,15H,3-4,9,11-12H2,1-2H3,(H,21,23). The van der Waals surface area contributed by atoms with Gasteiger partial charge in [0, 0.05) is 19.6 Å². The van der Waals surface area contributed by atoms with Gasteiger partial charge in [-0.3, -0.25) is 4.79 Å². The van der Waals surface area contributed by atoms with Crippen LogP contribution in [-0.2, 0) is 21.4 Å². The Bertz CT molecular complexity index is 959. The maximum atomic E-state index is 12.8. The quantitative estimate of drug-likeness (QED) is 0.677. The number of hydrogen-bond donors (Lipinski definition) is 1. The molecule has 1 saturated heterocycles. The fourth-order valence-electron chi connectivity index (χ4n) is 3.25. The van der Waals surface area contributed by atoms with Crippen LogP contribution in [0.3, 0.4) is 0 Å². The van der Waals surface area contributed by atoms with Gasteiger partial charge in [-0.1, -0.05) is 12.1 Å². The topological polar surface area (TPSA) is 75.7 Å². The number of sulfonamides is 1. The number of nitrogens with zero attached hydrogens (tertiary/aromatic N) is 1. The van der Waals surface area contributed by atoms with Gasteiger partial charge in [-0.15, -0.1) is 11.3 Å². The number of halogens is 1. The van der Waals surface area contributed by atoms with E-state index in [0.717, 1.165) is 20.7 Å². The first-order chi connectivity index (χ1) is 13.3. The molecule has 1 aliphatic heterocycles. The van der Waals surface area contributed by atoms with Crippen molar-refractivity contribution in [2.24, 2.45) is 5.92 Å². The second kappa shape index (κ2) is 8.94. The molecule has 152 valence electrons. The fraction of sp³-hybridized carbons (Fsp3) is 0.421. The number of carbonyl (C=O) groups is 1. The van der Waals surface area contributed by atoms with E-state index in [-0.39, 0.29) is 18.4 Å². The van der Waals surface area contributed by atoms with Crippen LogP contribution in [0.5, 0.6) is 5.75 Å². The Balaban J connectivity index is 1.63. The van der Waals surface area contributed by atoms with Crippen LogP contribution in [0, 0.1) is 12.8 Å². The maximum Gasteiger partial charge on any atom is 0.252 e. The lowest BCUT2D eigenvalue weighted by atomic mass is 9.98. The van der Waals surface area contributed by atoms with Crippen LogP contribution in [-0.4, -0.2) is 38.8 Å². The van der Waals surface area contributed by atoms with E-state index in [2.05, 4.69) is 21.2 Å². The molecule has 6 nitrogen and oxygen atoms in total. The third kappa shape index (κ3) is 4.76. The Morgan fingerprint density at radius 2 is 2.14 bits per heavy atom. The number of carbonyl (C=O) groups excluding carboxylic acids is 1. The first kappa shape index (κ1) is 21.3. The largest absolute Gasteiger partial charge is 0.496 e. The minimum Gasteiger partial charge on any atom is -0.496 e. The van der Waals surface area contributed by atoms with Crippen molar-refractivity contribution in [3.8, 4) is 5.75 Å². The van der Waals surface area contributed by atoms with Crippen molar-refractivity contribution in [3.63, 3.8) is 0 Å². The van der Waals surface area contributed by atoms with Crippen LogP contribution in [0.2, 0.25) is 0 Å². The van der Waals surface area contributed by atoms with E-state index in [9.17, 15) is 13.2 Å². The van der Waals surface area contributed by atoms with Gasteiger partial charge in [-0.2, -0.15) is 4.31 Å². The number of thiophene rings is 1. The monoisotopic (exact) mass is 486 g/mol. The number of piperidine rings is 1. The molecule has 2 heterocycles. The van der Waals surface area contributed by atoms with Gasteiger partial charge in [0.2, 0.25) is 5.91 Å². The summed E-state index contributed by atoms with van der Waals surface area (Å²) in [6, 6.07) is 9.13. The summed E-state index contributed by atoms with van der Waals surface area (Å²) in [7, 11) is -1.94. The molecule has 1 aliphatic rings. The SMILES string of the molecule is COc1cc(CNC(=O)C2CCCN(S(=O)(=O)c3ccc(Br)s3)C2)ccc1C. The number of hydrogen-bond acceptors (Lipinski definition) is 5. The molecule has 9 heteroatoms. The number of amides is 1. The minimum absolute atomic E-state index is 0.119. The van der Waals surface area contributed by atoms with Crippen molar-refractivity contribution in [3.05, 3.63) is 45.2 Å². The first-order valence-electron chi connectivity index (χ1n) is 8.98. The smallest absolute Gasteiger partial charge is 0.252 e. The lowest BCUT2D eigenvalue weighted by Crippen LogP contribution is -2.45. The number of rotatable bonds is 6. The van der Waals surface area contributed by atoms with Gasteiger partial charge < -0.3 is 10.1 Å². The number of benzene rings is 1. The van der Waals surface area contributed by atoms with Crippen molar-refractivity contribution < 1.29 is 17.9 Å². The number of ether oxygens (including phenoxy) is 1. The molecule has 0 bridgehead atoms. The summed E-state index contributed by atoms with van der Waals surface area (Å²) in [5, 5.41) is 2.93. The summed E-state index contributed by atoms with van der Waals surface area (Å²) in [6.45, 7) is 3.00. The van der Waals surface area contributed by atoms with E-state index >= 15 is 0 Å². The molecule has 0 saturated carbocycles. The normalized spacial score (nSPS) is 18.0. The fourth-order valence-corrected chi connectivity index (χ4v) is 6.93. The summed E-state index contributed by atoms with van der Waals surface area (Å²) in [4.78, 5) is 12.6. The molecule has 1 amide bonds. The van der Waals surface area contributed by atoms with E-state index < -0.39 is 10.0 Å². The van der Waals surface area contributed by atoms with Gasteiger partial charge >= 0.3 is 0 Å². The Kier molecular flexibility index (Phi) is 6.80. The van der Waals surface area contributed by atoms with Gasteiger partial charge in [-0.25, -0.2) is 8.42 Å². The molecule has 1 aromatic heterocycles. The highest BCUT2D eigenvalue weighted by Gasteiger charge is 2.34. The summed E-state index contributed by atoms with van der Waals surface area (Å²) in [5.41, 5.74) is 1.98. The van der Waals surface area contributed by atoms with Crippen molar-refractivity contribution in [2.75, 3.05) is 20.2 Å². The lowest BCUT2D eigenvalue weighted by Gasteiger charge is -2.30. The van der Waals surface area contributed by atoms with Crippen LogP contribution < -0.4 is 10.1 Å². The van der Waals surface area contributed by atoms with E-state index in [1.807, 2.05) is 25.1 Å². The molecular formula is C19H23BrN2O4S2. The Morgan fingerprint density at radius 3 is 2.82 bits per heavy atom. The third-order valence-electron chi connectivity index (χ3n) is 4.84. The van der Waals surface area contributed by atoms with Crippen molar-refractivity contribution >= 4 is 43.2 Å². The van der Waals surface area contributed by atoms with E-state index in [1.54, 1.807) is 19.2 Å². The molecule has 3 rings (SSSR count). The van der Waals surface area contributed by atoms with E-state index in [4.69, 9.17) is 4.74 Å². The molecule has 28 heavy (non-hydrogen) atoms. The van der Waals surface area contributed by atoms with Gasteiger partial charge in [0.15, 0.2) is 0 Å². The van der Waals surface area contributed by atoms with E-state index in [1.165, 1.54) is 15.6 Å². The van der Waals surface area contributed by atoms with Crippen LogP contribution in [0.25, 0.3) is 0 Å². The molecule has 1 N–H and O–H groups in total. The summed E-state index contributed by atoms with van der Waals surface area (Å²) < 4.78 is 33.4. The zero-order valence-corrected chi connectivity index (χ0v) is 19.0. The van der Waals surface area contributed by atoms with Gasteiger partial charge in [0.25, 0.3) is 10.0 Å². The molecule has 0 radical (unpaired) electrons. The lowest BCUT2D eigenvalue weighted by molar-refractivity contribution is -0.126. The highest BCUT2D eigenvalue weighted by atomic mass is 79.9. The van der Waals surface area contributed by atoms with Gasteiger partial charge in [-0.05, 0) is 65.0 Å². The molecule has 1 aromatic carbocycles. The van der Waals surface area contributed by atoms with Crippen molar-refractivity contribution in [1.82, 2.24) is 9.62 Å². The predicted octanol–water partition coefficient (Wildman–Crippen LogP) is 3.54. The maximum absolute atomic E-state index is 12.8. The van der Waals surface area contributed by atoms with Crippen molar-refractivity contribution in [1.29, 1.82) is 0 Å². The summed E-state index contributed by atoms with van der Waals surface area (Å²) >= 11 is 4.49. The van der Waals surface area contributed by atoms with Crippen LogP contribution in [0.15, 0.2) is 38.3 Å². The Hall–Kier alpha value is -1.42. The molecule has 1 unspecified atom stereocenters. The highest BCUT2D eigenvalue weighted by Crippen LogP contribution is 2.31. The Morgan fingerprint density at radius 1 is 1.36 bits per heavy atom. The highest BCUT2D eigenvalue weighted by molar-refractivity contribution is 9.11. The predicted molar refractivity (Wildman–Crippen MR) is 113 cm³/mol. The Labute approximate surface area is 178 Å². The average molecular weight is 487 g/mol. The minimum atomic E-state index is -3.56. The first-order valence-corrected chi connectivity index (χ1v) is 12.0. The molecule has 1 atom stereocenters. The number of methoxy groups -OCH3 is 1. The van der Waals surface area contributed by atoms with Crippen molar-refractivity contribution in [2.45, 2.75) is 30.5 Å². The number of aryl methyl sites for hydroxylation is 1. The van der Waals surface area contributed by atoms with Crippen LogP contribution >= 0.6 is 27.3 Å². The molecule has 2 aromatic rings.